The van der Waals surface area contributed by atoms with Gasteiger partial charge in [0.15, 0.2) is 0 Å². The number of pyridine rings is 1. The van der Waals surface area contributed by atoms with Gasteiger partial charge in [-0.3, -0.25) is 14.1 Å². The van der Waals surface area contributed by atoms with Gasteiger partial charge < -0.3 is 5.32 Å². The number of allylic oxidation sites excluding steroid dienone is 1. The summed E-state index contributed by atoms with van der Waals surface area (Å²) in [4.78, 5) is 21.0. The Morgan fingerprint density at radius 1 is 1.09 bits per heavy atom. The van der Waals surface area contributed by atoms with E-state index in [1.54, 1.807) is 4.40 Å². The Bertz CT molecular complexity index is 1400. The Morgan fingerprint density at radius 3 is 2.51 bits per heavy atom. The van der Waals surface area contributed by atoms with Crippen LogP contribution in [0.4, 0.5) is 0 Å². The van der Waals surface area contributed by atoms with Crippen LogP contribution in [0, 0.1) is 0 Å². The highest BCUT2D eigenvalue weighted by atomic mass is 16.1. The predicted octanol–water partition coefficient (Wildman–Crippen LogP) is 6.24. The number of unbranched alkanes of at least 4 members (excludes halogenated alkanes) is 1. The highest BCUT2D eigenvalue weighted by Gasteiger charge is 2.16. The molecule has 0 saturated carbocycles. The molecule has 0 fully saturated rings. The largest absolute Gasteiger partial charge is 0.383 e. The first kappa shape index (κ1) is 24.9. The van der Waals surface area contributed by atoms with Crippen molar-refractivity contribution in [1.82, 2.24) is 19.6 Å². The van der Waals surface area contributed by atoms with Crippen LogP contribution in [0.1, 0.15) is 59.4 Å². The second kappa shape index (κ2) is 11.0. The van der Waals surface area contributed by atoms with Gasteiger partial charge in [-0.05, 0) is 68.7 Å². The van der Waals surface area contributed by atoms with Gasteiger partial charge in [0.2, 0.25) is 0 Å². The third-order valence-corrected chi connectivity index (χ3v) is 6.94. The molecule has 1 unspecified atom stereocenters. The second-order valence-electron chi connectivity index (χ2n) is 9.67. The summed E-state index contributed by atoms with van der Waals surface area (Å²) >= 11 is 0. The summed E-state index contributed by atoms with van der Waals surface area (Å²) in [6.45, 7) is 13.0. The molecule has 1 atom stereocenters. The number of nitrogens with zero attached hydrogens (tertiary/aromatic N) is 3. The molecule has 2 heterocycles. The van der Waals surface area contributed by atoms with Gasteiger partial charge in [-0.25, -0.2) is 4.98 Å². The van der Waals surface area contributed by atoms with Crippen LogP contribution in [-0.4, -0.2) is 39.5 Å². The van der Waals surface area contributed by atoms with Gasteiger partial charge in [0.25, 0.3) is 5.56 Å². The monoisotopic (exact) mass is 470 g/mol. The Morgan fingerprint density at radius 2 is 1.83 bits per heavy atom. The lowest BCUT2D eigenvalue weighted by Crippen LogP contribution is -2.42. The van der Waals surface area contributed by atoms with Crippen molar-refractivity contribution in [2.75, 3.05) is 13.1 Å². The van der Waals surface area contributed by atoms with E-state index in [9.17, 15) is 4.79 Å². The highest BCUT2D eigenvalue weighted by molar-refractivity contribution is 5.97. The molecule has 2 aromatic heterocycles. The molecular weight excluding hydrogens is 432 g/mol. The van der Waals surface area contributed by atoms with Crippen LogP contribution in [0.5, 0.6) is 0 Å². The molecule has 0 amide bonds. The van der Waals surface area contributed by atoms with Crippen LogP contribution < -0.4 is 10.9 Å². The van der Waals surface area contributed by atoms with Crippen molar-refractivity contribution in [2.45, 2.75) is 66.0 Å². The lowest BCUT2D eigenvalue weighted by atomic mass is 10.1. The molecule has 0 aliphatic rings. The standard InChI is InChI=1S/C30H38N4O/c1-6-8-15-27(31-16-18-33(21(3)4)22(5)7-2)25-14-11-17-34-29(25)32-28-20-24-13-10-9-12-23(24)19-26(28)30(34)35/h9-15,17,19-22,31H,6-8,16,18H2,1-5H3/b27-15+. The van der Waals surface area contributed by atoms with Crippen molar-refractivity contribution in [3.8, 4) is 0 Å². The summed E-state index contributed by atoms with van der Waals surface area (Å²) in [6.07, 6.45) is 7.22. The molecule has 0 radical (unpaired) electrons. The molecule has 2 aromatic carbocycles. The zero-order chi connectivity index (χ0) is 24.9. The van der Waals surface area contributed by atoms with Crippen molar-refractivity contribution in [3.05, 3.63) is 76.7 Å². The zero-order valence-electron chi connectivity index (χ0n) is 21.7. The van der Waals surface area contributed by atoms with E-state index < -0.39 is 0 Å². The Labute approximate surface area is 208 Å². The number of rotatable bonds is 10. The van der Waals surface area contributed by atoms with Crippen molar-refractivity contribution >= 4 is 33.0 Å². The molecule has 4 aromatic rings. The summed E-state index contributed by atoms with van der Waals surface area (Å²) in [7, 11) is 0. The maximum absolute atomic E-state index is 13.5. The smallest absolute Gasteiger partial charge is 0.265 e. The molecule has 0 saturated heterocycles. The maximum Gasteiger partial charge on any atom is 0.265 e. The number of hydrogen-bond donors (Lipinski definition) is 1. The van der Waals surface area contributed by atoms with E-state index in [1.165, 1.54) is 0 Å². The Balaban J connectivity index is 1.75. The van der Waals surface area contributed by atoms with Crippen molar-refractivity contribution in [2.24, 2.45) is 0 Å². The van der Waals surface area contributed by atoms with E-state index >= 15 is 0 Å². The van der Waals surface area contributed by atoms with E-state index in [2.05, 4.69) is 63.0 Å². The minimum Gasteiger partial charge on any atom is -0.383 e. The molecule has 5 heteroatoms. The van der Waals surface area contributed by atoms with E-state index in [0.29, 0.717) is 23.1 Å². The number of fused-ring (bicyclic) bond motifs is 3. The molecule has 1 N–H and O–H groups in total. The van der Waals surface area contributed by atoms with Crippen LogP contribution in [0.15, 0.2) is 65.6 Å². The van der Waals surface area contributed by atoms with E-state index in [4.69, 9.17) is 4.98 Å². The fraction of sp³-hybridized carbons (Fsp3) is 0.400. The fourth-order valence-electron chi connectivity index (χ4n) is 4.83. The molecule has 0 aliphatic carbocycles. The van der Waals surface area contributed by atoms with Crippen LogP contribution in [-0.2, 0) is 0 Å². The molecule has 0 bridgehead atoms. The molecule has 0 spiro atoms. The normalized spacial score (nSPS) is 13.4. The lowest BCUT2D eigenvalue weighted by Gasteiger charge is -2.32. The first-order valence-corrected chi connectivity index (χ1v) is 13.0. The number of benzene rings is 2. The van der Waals surface area contributed by atoms with Crippen molar-refractivity contribution < 1.29 is 0 Å². The summed E-state index contributed by atoms with van der Waals surface area (Å²) in [6, 6.07) is 17.1. The molecule has 4 rings (SSSR count). The van der Waals surface area contributed by atoms with Gasteiger partial charge in [-0.15, -0.1) is 0 Å². The van der Waals surface area contributed by atoms with Gasteiger partial charge in [-0.2, -0.15) is 0 Å². The van der Waals surface area contributed by atoms with Crippen molar-refractivity contribution in [1.29, 1.82) is 0 Å². The third-order valence-electron chi connectivity index (χ3n) is 6.94. The average Bonchev–Trinajstić information content (AvgIpc) is 2.87. The summed E-state index contributed by atoms with van der Waals surface area (Å²) in [5.41, 5.74) is 3.41. The molecular formula is C30H38N4O. The second-order valence-corrected chi connectivity index (χ2v) is 9.67. The molecule has 5 nitrogen and oxygen atoms in total. The van der Waals surface area contributed by atoms with Gasteiger partial charge in [0.05, 0.1) is 10.9 Å². The highest BCUT2D eigenvalue weighted by Crippen LogP contribution is 2.23. The Kier molecular flexibility index (Phi) is 7.86. The fourth-order valence-corrected chi connectivity index (χ4v) is 4.83. The zero-order valence-corrected chi connectivity index (χ0v) is 21.7. The van der Waals surface area contributed by atoms with Gasteiger partial charge in [0.1, 0.15) is 5.65 Å². The van der Waals surface area contributed by atoms with Gasteiger partial charge >= 0.3 is 0 Å². The molecule has 184 valence electrons. The van der Waals surface area contributed by atoms with E-state index in [1.807, 2.05) is 42.6 Å². The first-order chi connectivity index (χ1) is 16.9. The topological polar surface area (TPSA) is 49.6 Å². The van der Waals surface area contributed by atoms with Crippen LogP contribution >= 0.6 is 0 Å². The number of hydrogen-bond acceptors (Lipinski definition) is 4. The Hall–Kier alpha value is -3.18. The van der Waals surface area contributed by atoms with Crippen LogP contribution in [0.25, 0.3) is 33.0 Å². The van der Waals surface area contributed by atoms with Gasteiger partial charge in [-0.1, -0.05) is 50.6 Å². The third kappa shape index (κ3) is 5.25. The SMILES string of the molecule is CCC/C=C(/NCCN(C(C)C)C(C)CC)c1cccn2c(=O)c3cc4ccccc4cc3nc12. The lowest BCUT2D eigenvalue weighted by molar-refractivity contribution is 0.163. The van der Waals surface area contributed by atoms with E-state index in [0.717, 1.165) is 59.9 Å². The van der Waals surface area contributed by atoms with E-state index in [-0.39, 0.29) is 5.56 Å². The summed E-state index contributed by atoms with van der Waals surface area (Å²) < 4.78 is 1.69. The van der Waals surface area contributed by atoms with Crippen LogP contribution in [0.3, 0.4) is 0 Å². The molecule has 35 heavy (non-hydrogen) atoms. The predicted molar refractivity (Wildman–Crippen MR) is 149 cm³/mol. The quantitative estimate of drug-likeness (QED) is 0.279. The summed E-state index contributed by atoms with van der Waals surface area (Å²) in [5.74, 6) is 0. The summed E-state index contributed by atoms with van der Waals surface area (Å²) in [5, 5.41) is 6.48. The average molecular weight is 471 g/mol. The van der Waals surface area contributed by atoms with Crippen molar-refractivity contribution in [3.63, 3.8) is 0 Å². The minimum atomic E-state index is -0.0322. The molecule has 0 aliphatic heterocycles. The van der Waals surface area contributed by atoms with Crippen LogP contribution in [0.2, 0.25) is 0 Å². The maximum atomic E-state index is 13.5. The first-order valence-electron chi connectivity index (χ1n) is 13.0. The van der Waals surface area contributed by atoms with Gasteiger partial charge in [0, 0.05) is 42.6 Å². The minimum absolute atomic E-state index is 0.0322. The number of nitrogens with one attached hydrogen (secondary N) is 1. The number of aromatic nitrogens is 2.